The zero-order valence-corrected chi connectivity index (χ0v) is 13.3. The number of carbonyl (C=O) groups excluding carboxylic acids is 1. The summed E-state index contributed by atoms with van der Waals surface area (Å²) in [6.45, 7) is 2.87. The predicted octanol–water partition coefficient (Wildman–Crippen LogP) is 2.70. The van der Waals surface area contributed by atoms with E-state index in [4.69, 9.17) is 5.11 Å². The van der Waals surface area contributed by atoms with E-state index >= 15 is 0 Å². The number of aliphatic hydroxyl groups is 1. The van der Waals surface area contributed by atoms with E-state index in [2.05, 4.69) is 17.1 Å². The van der Waals surface area contributed by atoms with Gasteiger partial charge in [0.05, 0.1) is 6.61 Å². The van der Waals surface area contributed by atoms with Crippen molar-refractivity contribution in [3.63, 3.8) is 0 Å². The van der Waals surface area contributed by atoms with Gasteiger partial charge in [-0.1, -0.05) is 6.07 Å². The van der Waals surface area contributed by atoms with E-state index in [1.54, 1.807) is 24.3 Å². The summed E-state index contributed by atoms with van der Waals surface area (Å²) in [5.74, 6) is -0.635. The van der Waals surface area contributed by atoms with Crippen molar-refractivity contribution in [3.05, 3.63) is 65.0 Å². The number of rotatable bonds is 6. The second-order valence-corrected chi connectivity index (χ2v) is 5.33. The Morgan fingerprint density at radius 3 is 2.52 bits per heavy atom. The molecular weight excluding hydrogens is 295 g/mol. The van der Waals surface area contributed by atoms with Gasteiger partial charge in [-0.2, -0.15) is 0 Å². The van der Waals surface area contributed by atoms with Crippen LogP contribution >= 0.6 is 0 Å². The van der Waals surface area contributed by atoms with Crippen LogP contribution in [0, 0.1) is 5.82 Å². The van der Waals surface area contributed by atoms with Gasteiger partial charge in [0.15, 0.2) is 0 Å². The lowest BCUT2D eigenvalue weighted by molar-refractivity contribution is 0.0951. The van der Waals surface area contributed by atoms with Crippen molar-refractivity contribution >= 4 is 11.6 Å². The Kier molecular flexibility index (Phi) is 5.71. The molecule has 0 bridgehead atoms. The Balaban J connectivity index is 1.99. The maximum Gasteiger partial charge on any atom is 0.251 e. The summed E-state index contributed by atoms with van der Waals surface area (Å²) in [5.41, 5.74) is 2.59. The molecular formula is C18H21FN2O2. The first-order valence-corrected chi connectivity index (χ1v) is 7.52. The van der Waals surface area contributed by atoms with Crippen LogP contribution < -0.4 is 10.2 Å². The van der Waals surface area contributed by atoms with Gasteiger partial charge in [0.1, 0.15) is 5.82 Å². The fourth-order valence-corrected chi connectivity index (χ4v) is 2.19. The van der Waals surface area contributed by atoms with Crippen LogP contribution in [0.2, 0.25) is 0 Å². The Bertz CT molecular complexity index is 671. The molecule has 0 aliphatic carbocycles. The summed E-state index contributed by atoms with van der Waals surface area (Å²) in [6.07, 6.45) is 0. The molecule has 0 heterocycles. The molecule has 122 valence electrons. The molecule has 4 nitrogen and oxygen atoms in total. The Morgan fingerprint density at radius 2 is 1.91 bits per heavy atom. The summed E-state index contributed by atoms with van der Waals surface area (Å²) in [5, 5.41) is 11.9. The maximum absolute atomic E-state index is 13.3. The lowest BCUT2D eigenvalue weighted by Gasteiger charge is -2.16. The Hall–Kier alpha value is -2.40. The van der Waals surface area contributed by atoms with E-state index in [9.17, 15) is 9.18 Å². The van der Waals surface area contributed by atoms with Crippen molar-refractivity contribution in [2.75, 3.05) is 18.5 Å². The van der Waals surface area contributed by atoms with Crippen LogP contribution in [0.1, 0.15) is 28.4 Å². The standard InChI is InChI=1S/C18H21FN2O2/c1-3-21(2)16-7-5-14(6-8-16)18(23)20-11-13-4-9-17(19)15(10-13)12-22/h4-10,22H,3,11-12H2,1-2H3,(H,20,23). The third kappa shape index (κ3) is 4.29. The molecule has 5 heteroatoms. The van der Waals surface area contributed by atoms with E-state index in [0.717, 1.165) is 17.8 Å². The molecule has 0 saturated carbocycles. The highest BCUT2D eigenvalue weighted by atomic mass is 19.1. The first-order chi connectivity index (χ1) is 11.0. The van der Waals surface area contributed by atoms with E-state index in [0.29, 0.717) is 5.56 Å². The molecule has 2 N–H and O–H groups in total. The van der Waals surface area contributed by atoms with Crippen LogP contribution in [-0.2, 0) is 13.2 Å². The highest BCUT2D eigenvalue weighted by Crippen LogP contribution is 2.14. The molecule has 2 aromatic carbocycles. The number of nitrogens with one attached hydrogen (secondary N) is 1. The van der Waals surface area contributed by atoms with E-state index in [1.165, 1.54) is 6.07 Å². The average Bonchev–Trinajstić information content (AvgIpc) is 2.60. The van der Waals surface area contributed by atoms with Crippen LogP contribution in [0.4, 0.5) is 10.1 Å². The van der Waals surface area contributed by atoms with Crippen molar-refractivity contribution < 1.29 is 14.3 Å². The van der Waals surface area contributed by atoms with Gasteiger partial charge in [0.25, 0.3) is 5.91 Å². The third-order valence-electron chi connectivity index (χ3n) is 3.78. The SMILES string of the molecule is CCN(C)c1ccc(C(=O)NCc2ccc(F)c(CO)c2)cc1. The molecule has 2 aromatic rings. The van der Waals surface area contributed by atoms with Gasteiger partial charge in [-0.25, -0.2) is 4.39 Å². The van der Waals surface area contributed by atoms with Crippen molar-refractivity contribution in [2.24, 2.45) is 0 Å². The van der Waals surface area contributed by atoms with Gasteiger partial charge in [0.2, 0.25) is 0 Å². The molecule has 0 radical (unpaired) electrons. The second kappa shape index (κ2) is 7.74. The quantitative estimate of drug-likeness (QED) is 0.861. The zero-order chi connectivity index (χ0) is 16.8. The highest BCUT2D eigenvalue weighted by Gasteiger charge is 2.07. The number of halogens is 1. The number of hydrogen-bond acceptors (Lipinski definition) is 3. The molecule has 0 atom stereocenters. The molecule has 0 unspecified atom stereocenters. The molecule has 0 fully saturated rings. The monoisotopic (exact) mass is 316 g/mol. The van der Waals surface area contributed by atoms with Gasteiger partial charge in [-0.05, 0) is 48.9 Å². The van der Waals surface area contributed by atoms with Crippen molar-refractivity contribution in [3.8, 4) is 0 Å². The fraction of sp³-hybridized carbons (Fsp3) is 0.278. The number of nitrogens with zero attached hydrogens (tertiary/aromatic N) is 1. The van der Waals surface area contributed by atoms with E-state index in [1.807, 2.05) is 19.2 Å². The number of anilines is 1. The van der Waals surface area contributed by atoms with E-state index < -0.39 is 5.82 Å². The minimum Gasteiger partial charge on any atom is -0.392 e. The Morgan fingerprint density at radius 1 is 1.22 bits per heavy atom. The molecule has 1 amide bonds. The first-order valence-electron chi connectivity index (χ1n) is 7.52. The van der Waals surface area contributed by atoms with Crippen LogP contribution in [0.15, 0.2) is 42.5 Å². The number of aliphatic hydroxyl groups excluding tert-OH is 1. The molecule has 0 saturated heterocycles. The second-order valence-electron chi connectivity index (χ2n) is 5.33. The number of benzene rings is 2. The van der Waals surface area contributed by atoms with Gasteiger partial charge in [0, 0.05) is 37.0 Å². The summed E-state index contributed by atoms with van der Waals surface area (Å²) >= 11 is 0. The first kappa shape index (κ1) is 17.0. The lowest BCUT2D eigenvalue weighted by Crippen LogP contribution is -2.23. The molecule has 2 rings (SSSR count). The van der Waals surface area contributed by atoms with E-state index in [-0.39, 0.29) is 24.6 Å². The lowest BCUT2D eigenvalue weighted by atomic mass is 10.1. The summed E-state index contributed by atoms with van der Waals surface area (Å²) < 4.78 is 13.3. The highest BCUT2D eigenvalue weighted by molar-refractivity contribution is 5.94. The minimum absolute atomic E-state index is 0.189. The average molecular weight is 316 g/mol. The third-order valence-corrected chi connectivity index (χ3v) is 3.78. The topological polar surface area (TPSA) is 52.6 Å². The van der Waals surface area contributed by atoms with Crippen LogP contribution in [0.25, 0.3) is 0 Å². The van der Waals surface area contributed by atoms with Crippen molar-refractivity contribution in [1.82, 2.24) is 5.32 Å². The van der Waals surface area contributed by atoms with Gasteiger partial charge >= 0.3 is 0 Å². The molecule has 0 aliphatic heterocycles. The largest absolute Gasteiger partial charge is 0.392 e. The number of carbonyl (C=O) groups is 1. The Labute approximate surface area is 135 Å². The fourth-order valence-electron chi connectivity index (χ4n) is 2.19. The molecule has 23 heavy (non-hydrogen) atoms. The van der Waals surface area contributed by atoms with Crippen LogP contribution in [0.3, 0.4) is 0 Å². The summed E-state index contributed by atoms with van der Waals surface area (Å²) in [6, 6.07) is 11.8. The molecule has 0 aliphatic rings. The van der Waals surface area contributed by atoms with Gasteiger partial charge in [-0.15, -0.1) is 0 Å². The van der Waals surface area contributed by atoms with Gasteiger partial charge in [-0.3, -0.25) is 4.79 Å². The van der Waals surface area contributed by atoms with Crippen LogP contribution in [0.5, 0.6) is 0 Å². The minimum atomic E-state index is -0.446. The number of hydrogen-bond donors (Lipinski definition) is 2. The maximum atomic E-state index is 13.3. The summed E-state index contributed by atoms with van der Waals surface area (Å²) in [7, 11) is 1.99. The smallest absolute Gasteiger partial charge is 0.251 e. The summed E-state index contributed by atoms with van der Waals surface area (Å²) in [4.78, 5) is 14.2. The zero-order valence-electron chi connectivity index (χ0n) is 13.3. The van der Waals surface area contributed by atoms with Crippen molar-refractivity contribution in [1.29, 1.82) is 0 Å². The normalized spacial score (nSPS) is 10.4. The molecule has 0 spiro atoms. The number of amides is 1. The van der Waals surface area contributed by atoms with Gasteiger partial charge < -0.3 is 15.3 Å². The van der Waals surface area contributed by atoms with Crippen molar-refractivity contribution in [2.45, 2.75) is 20.1 Å². The van der Waals surface area contributed by atoms with Crippen LogP contribution in [-0.4, -0.2) is 24.6 Å². The predicted molar refractivity (Wildman–Crippen MR) is 88.9 cm³/mol. The molecule has 0 aromatic heterocycles.